The van der Waals surface area contributed by atoms with Gasteiger partial charge in [-0.2, -0.15) is 0 Å². The van der Waals surface area contributed by atoms with Gasteiger partial charge in [0.25, 0.3) is 0 Å². The van der Waals surface area contributed by atoms with E-state index < -0.39 is 5.60 Å². The molecule has 2 heterocycles. The van der Waals surface area contributed by atoms with E-state index in [4.69, 9.17) is 4.74 Å². The molecule has 0 radical (unpaired) electrons. The van der Waals surface area contributed by atoms with Crippen molar-refractivity contribution in [3.63, 3.8) is 0 Å². The summed E-state index contributed by atoms with van der Waals surface area (Å²) in [6.07, 6.45) is 2.43. The molecule has 1 amide bonds. The average molecular weight is 433 g/mol. The Balaban J connectivity index is 1.51. The van der Waals surface area contributed by atoms with Crippen LogP contribution < -0.4 is 5.56 Å². The highest BCUT2D eigenvalue weighted by atomic mass is 16.6. The van der Waals surface area contributed by atoms with Crippen LogP contribution in [-0.4, -0.2) is 33.8 Å². The lowest BCUT2D eigenvalue weighted by molar-refractivity contribution is -0.0718. The molecule has 0 saturated carbocycles. The van der Waals surface area contributed by atoms with Crippen LogP contribution in [0.4, 0.5) is 4.79 Å². The summed E-state index contributed by atoms with van der Waals surface area (Å²) in [4.78, 5) is 26.4. The predicted octanol–water partition coefficient (Wildman–Crippen LogP) is 4.23. The highest BCUT2D eigenvalue weighted by molar-refractivity contribution is 5.70. The summed E-state index contributed by atoms with van der Waals surface area (Å²) in [6, 6.07) is 20.9. The quantitative estimate of drug-likeness (QED) is 0.633. The molecule has 2 atom stereocenters. The second kappa shape index (κ2) is 9.01. The van der Waals surface area contributed by atoms with Crippen LogP contribution in [-0.2, 0) is 17.4 Å². The molecule has 6 nitrogen and oxygen atoms in total. The molecule has 3 aromatic rings. The van der Waals surface area contributed by atoms with Crippen LogP contribution in [0.2, 0.25) is 0 Å². The van der Waals surface area contributed by atoms with Gasteiger partial charge in [0.05, 0.1) is 6.04 Å². The molecule has 32 heavy (non-hydrogen) atoms. The number of hydrogen-bond acceptors (Lipinski definition) is 4. The number of aromatic nitrogens is 1. The van der Waals surface area contributed by atoms with Crippen LogP contribution in [0.3, 0.4) is 0 Å². The molecular formula is C26H28N2O4. The first kappa shape index (κ1) is 21.8. The first-order valence-corrected chi connectivity index (χ1v) is 10.9. The Kier molecular flexibility index (Phi) is 6.15. The van der Waals surface area contributed by atoms with Gasteiger partial charge in [-0.1, -0.05) is 54.6 Å². The third kappa shape index (κ3) is 4.18. The zero-order valence-electron chi connectivity index (χ0n) is 18.4. The van der Waals surface area contributed by atoms with E-state index in [0.29, 0.717) is 19.4 Å². The monoisotopic (exact) mass is 432 g/mol. The van der Waals surface area contributed by atoms with Gasteiger partial charge in [-0.15, -0.1) is 0 Å². The maximum Gasteiger partial charge on any atom is 0.411 e. The van der Waals surface area contributed by atoms with Crippen LogP contribution in [0.25, 0.3) is 11.1 Å². The van der Waals surface area contributed by atoms with Crippen molar-refractivity contribution in [1.29, 1.82) is 0 Å². The summed E-state index contributed by atoms with van der Waals surface area (Å²) in [5, 5.41) is 9.61. The molecule has 1 fully saturated rings. The van der Waals surface area contributed by atoms with Crippen molar-refractivity contribution >= 4 is 6.09 Å². The number of carbonyl (C=O) groups is 1. The Hall–Kier alpha value is -3.38. The van der Waals surface area contributed by atoms with Gasteiger partial charge in [-0.25, -0.2) is 4.79 Å². The van der Waals surface area contributed by atoms with Crippen molar-refractivity contribution < 1.29 is 14.6 Å². The maximum absolute atomic E-state index is 13.0. The number of carbonyl (C=O) groups excluding carboxylic acids is 1. The van der Waals surface area contributed by atoms with E-state index in [9.17, 15) is 14.7 Å². The summed E-state index contributed by atoms with van der Waals surface area (Å²) < 4.78 is 7.52. The second-order valence-electron chi connectivity index (χ2n) is 8.31. The highest BCUT2D eigenvalue weighted by Crippen LogP contribution is 2.39. The number of hydrogen-bond donors (Lipinski definition) is 1. The van der Waals surface area contributed by atoms with Gasteiger partial charge in [0.2, 0.25) is 5.56 Å². The van der Waals surface area contributed by atoms with E-state index in [1.54, 1.807) is 22.6 Å². The number of pyridine rings is 1. The largest absolute Gasteiger partial charge is 0.438 e. The fourth-order valence-corrected chi connectivity index (χ4v) is 4.37. The first-order chi connectivity index (χ1) is 15.4. The SMILES string of the molecule is CC(c1ccc(-c2ccc(=O)n(C)c2)cc1)N1CCC(CCO)(c2ccccc2)OC1=O. The summed E-state index contributed by atoms with van der Waals surface area (Å²) in [6.45, 7) is 2.48. The number of aryl methyl sites for hydroxylation is 1. The fraction of sp³-hybridized carbons (Fsp3) is 0.308. The maximum atomic E-state index is 13.0. The second-order valence-corrected chi connectivity index (χ2v) is 8.31. The number of benzene rings is 2. The lowest BCUT2D eigenvalue weighted by Gasteiger charge is -2.43. The highest BCUT2D eigenvalue weighted by Gasteiger charge is 2.43. The summed E-state index contributed by atoms with van der Waals surface area (Å²) in [7, 11) is 1.73. The van der Waals surface area contributed by atoms with Crippen LogP contribution in [0.5, 0.6) is 0 Å². The van der Waals surface area contributed by atoms with Gasteiger partial charge in [-0.05, 0) is 35.2 Å². The number of cyclic esters (lactones) is 1. The molecule has 1 aliphatic heterocycles. The number of nitrogens with zero attached hydrogens (tertiary/aromatic N) is 2. The van der Waals surface area contributed by atoms with Gasteiger partial charge < -0.3 is 19.3 Å². The molecule has 2 unspecified atom stereocenters. The Morgan fingerprint density at radius 1 is 1.00 bits per heavy atom. The molecule has 6 heteroatoms. The number of rotatable bonds is 6. The molecule has 2 aromatic carbocycles. The number of aliphatic hydroxyl groups is 1. The molecule has 0 aliphatic carbocycles. The Labute approximate surface area is 187 Å². The van der Waals surface area contributed by atoms with Crippen LogP contribution >= 0.6 is 0 Å². The van der Waals surface area contributed by atoms with Crippen molar-refractivity contribution in [2.24, 2.45) is 7.05 Å². The van der Waals surface area contributed by atoms with Gasteiger partial charge in [0.15, 0.2) is 0 Å². The minimum Gasteiger partial charge on any atom is -0.438 e. The van der Waals surface area contributed by atoms with Gasteiger partial charge >= 0.3 is 6.09 Å². The Bertz CT molecular complexity index is 1140. The molecule has 1 saturated heterocycles. The molecule has 0 bridgehead atoms. The number of aliphatic hydroxyl groups excluding tert-OH is 1. The van der Waals surface area contributed by atoms with E-state index in [1.165, 1.54) is 0 Å². The summed E-state index contributed by atoms with van der Waals surface area (Å²) in [5.41, 5.74) is 3.04. The zero-order chi connectivity index (χ0) is 22.7. The smallest absolute Gasteiger partial charge is 0.411 e. The molecular weight excluding hydrogens is 404 g/mol. The average Bonchev–Trinajstić information content (AvgIpc) is 2.81. The van der Waals surface area contributed by atoms with E-state index in [-0.39, 0.29) is 24.3 Å². The van der Waals surface area contributed by atoms with E-state index >= 15 is 0 Å². The predicted molar refractivity (Wildman–Crippen MR) is 123 cm³/mol. The lowest BCUT2D eigenvalue weighted by atomic mass is 9.85. The van der Waals surface area contributed by atoms with Gasteiger partial charge in [0, 0.05) is 45.3 Å². The summed E-state index contributed by atoms with van der Waals surface area (Å²) in [5.74, 6) is 0. The Morgan fingerprint density at radius 3 is 2.31 bits per heavy atom. The first-order valence-electron chi connectivity index (χ1n) is 10.9. The van der Waals surface area contributed by atoms with Crippen molar-refractivity contribution in [3.05, 3.63) is 94.4 Å². The number of ether oxygens (including phenoxy) is 1. The molecule has 0 spiro atoms. The van der Waals surface area contributed by atoms with Crippen molar-refractivity contribution in [3.8, 4) is 11.1 Å². The number of amides is 1. The van der Waals surface area contributed by atoms with Crippen LogP contribution in [0.15, 0.2) is 77.7 Å². The van der Waals surface area contributed by atoms with E-state index in [2.05, 4.69) is 0 Å². The van der Waals surface area contributed by atoms with Crippen LogP contribution in [0, 0.1) is 0 Å². The lowest BCUT2D eigenvalue weighted by Crippen LogP contribution is -2.49. The minimum atomic E-state index is -0.795. The molecule has 4 rings (SSSR count). The minimum absolute atomic E-state index is 0.0459. The van der Waals surface area contributed by atoms with Crippen LogP contribution in [0.1, 0.15) is 36.9 Å². The van der Waals surface area contributed by atoms with Crippen molar-refractivity contribution in [2.75, 3.05) is 13.2 Å². The normalized spacial score (nSPS) is 19.5. The standard InChI is InChI=1S/C26H28N2O4/c1-19(20-8-10-21(11-9-20)22-12-13-24(30)27(2)18-22)28-16-14-26(15-17-29,32-25(28)31)23-6-4-3-5-7-23/h3-13,18-19,29H,14-17H2,1-2H3. The summed E-state index contributed by atoms with van der Waals surface area (Å²) >= 11 is 0. The van der Waals surface area contributed by atoms with E-state index in [1.807, 2.05) is 73.8 Å². The molecule has 166 valence electrons. The third-order valence-electron chi connectivity index (χ3n) is 6.37. The topological polar surface area (TPSA) is 71.8 Å². The van der Waals surface area contributed by atoms with Gasteiger partial charge in [-0.3, -0.25) is 4.79 Å². The van der Waals surface area contributed by atoms with Gasteiger partial charge in [0.1, 0.15) is 5.60 Å². The molecule has 1 aliphatic rings. The third-order valence-corrected chi connectivity index (χ3v) is 6.37. The molecule has 1 aromatic heterocycles. The van der Waals surface area contributed by atoms with Crippen molar-refractivity contribution in [2.45, 2.75) is 31.4 Å². The van der Waals surface area contributed by atoms with E-state index in [0.717, 1.165) is 22.3 Å². The molecule has 1 N–H and O–H groups in total. The fourth-order valence-electron chi connectivity index (χ4n) is 4.37. The Morgan fingerprint density at radius 2 is 1.69 bits per heavy atom. The zero-order valence-corrected chi connectivity index (χ0v) is 18.4. The van der Waals surface area contributed by atoms with Crippen molar-refractivity contribution in [1.82, 2.24) is 9.47 Å².